The molecular formula is C11H7ClF6O. The predicted molar refractivity (Wildman–Crippen MR) is 56.0 cm³/mol. The Hall–Kier alpha value is -1.24. The molecule has 1 aromatic rings. The lowest BCUT2D eigenvalue weighted by Gasteiger charge is -2.20. The van der Waals surface area contributed by atoms with Crippen LogP contribution in [0.15, 0.2) is 12.1 Å². The SMILES string of the molecule is CCc1c(C(=O)Cl)ccc(C(F)(F)F)c1C(F)(F)F. The van der Waals surface area contributed by atoms with E-state index in [0.717, 1.165) is 0 Å². The summed E-state index contributed by atoms with van der Waals surface area (Å²) in [6, 6.07) is 0.879. The maximum Gasteiger partial charge on any atom is 0.417 e. The topological polar surface area (TPSA) is 17.1 Å². The number of carbonyl (C=O) groups excluding carboxylic acids is 1. The van der Waals surface area contributed by atoms with Crippen LogP contribution in [0.4, 0.5) is 26.3 Å². The van der Waals surface area contributed by atoms with Gasteiger partial charge in [0.1, 0.15) is 0 Å². The van der Waals surface area contributed by atoms with E-state index in [1.807, 2.05) is 0 Å². The molecule has 106 valence electrons. The number of hydrogen-bond donors (Lipinski definition) is 0. The third kappa shape index (κ3) is 3.20. The zero-order chi connectivity index (χ0) is 15.0. The fourth-order valence-electron chi connectivity index (χ4n) is 1.76. The third-order valence-electron chi connectivity index (χ3n) is 2.47. The molecule has 1 aromatic carbocycles. The van der Waals surface area contributed by atoms with E-state index in [-0.39, 0.29) is 6.07 Å². The fraction of sp³-hybridized carbons (Fsp3) is 0.364. The molecule has 0 amide bonds. The Balaban J connectivity index is 3.76. The first-order chi connectivity index (χ1) is 8.50. The number of halogens is 7. The highest BCUT2D eigenvalue weighted by atomic mass is 35.5. The van der Waals surface area contributed by atoms with E-state index in [1.54, 1.807) is 0 Å². The number of benzene rings is 1. The maximum absolute atomic E-state index is 12.8. The van der Waals surface area contributed by atoms with Gasteiger partial charge in [-0.3, -0.25) is 4.79 Å². The molecule has 0 spiro atoms. The van der Waals surface area contributed by atoms with E-state index >= 15 is 0 Å². The van der Waals surface area contributed by atoms with Crippen molar-refractivity contribution >= 4 is 16.8 Å². The van der Waals surface area contributed by atoms with Crippen molar-refractivity contribution in [3.05, 3.63) is 34.4 Å². The van der Waals surface area contributed by atoms with Crippen molar-refractivity contribution in [2.24, 2.45) is 0 Å². The Labute approximate surface area is 109 Å². The van der Waals surface area contributed by atoms with Gasteiger partial charge in [-0.1, -0.05) is 6.92 Å². The molecular weight excluding hydrogens is 298 g/mol. The Kier molecular flexibility index (Phi) is 4.19. The minimum atomic E-state index is -5.22. The molecule has 1 nitrogen and oxygen atoms in total. The Morgan fingerprint density at radius 2 is 1.63 bits per heavy atom. The average Bonchev–Trinajstić information content (AvgIpc) is 2.24. The first-order valence-corrected chi connectivity index (χ1v) is 5.38. The number of alkyl halides is 6. The molecule has 0 aromatic heterocycles. The fourth-order valence-corrected chi connectivity index (χ4v) is 1.94. The molecule has 8 heteroatoms. The van der Waals surface area contributed by atoms with Crippen LogP contribution in [0.5, 0.6) is 0 Å². The summed E-state index contributed by atoms with van der Waals surface area (Å²) >= 11 is 5.09. The average molecular weight is 305 g/mol. The Morgan fingerprint density at radius 1 is 1.11 bits per heavy atom. The van der Waals surface area contributed by atoms with Crippen LogP contribution in [0, 0.1) is 0 Å². The molecule has 0 atom stereocenters. The maximum atomic E-state index is 12.8. The normalized spacial score (nSPS) is 12.6. The van der Waals surface area contributed by atoms with Crippen molar-refractivity contribution in [3.8, 4) is 0 Å². The van der Waals surface area contributed by atoms with Crippen molar-refractivity contribution in [3.63, 3.8) is 0 Å². The van der Waals surface area contributed by atoms with Gasteiger partial charge < -0.3 is 0 Å². The first-order valence-electron chi connectivity index (χ1n) is 5.00. The van der Waals surface area contributed by atoms with Gasteiger partial charge >= 0.3 is 12.4 Å². The van der Waals surface area contributed by atoms with Crippen LogP contribution in [0.2, 0.25) is 0 Å². The molecule has 0 saturated carbocycles. The van der Waals surface area contributed by atoms with E-state index in [0.29, 0.717) is 6.07 Å². The van der Waals surface area contributed by atoms with Gasteiger partial charge in [0, 0.05) is 5.56 Å². The van der Waals surface area contributed by atoms with Gasteiger partial charge in [0.2, 0.25) is 0 Å². The minimum absolute atomic E-state index is 0.220. The van der Waals surface area contributed by atoms with E-state index in [1.165, 1.54) is 6.92 Å². The van der Waals surface area contributed by atoms with Crippen molar-refractivity contribution < 1.29 is 31.1 Å². The highest BCUT2D eigenvalue weighted by Crippen LogP contribution is 2.43. The summed E-state index contributed by atoms with van der Waals surface area (Å²) in [6.45, 7) is 1.22. The summed E-state index contributed by atoms with van der Waals surface area (Å²) in [5.74, 6) is 0. The van der Waals surface area contributed by atoms with Crippen molar-refractivity contribution in [1.29, 1.82) is 0 Å². The Morgan fingerprint density at radius 3 is 1.95 bits per heavy atom. The molecule has 0 saturated heterocycles. The van der Waals surface area contributed by atoms with Crippen LogP contribution in [0.3, 0.4) is 0 Å². The van der Waals surface area contributed by atoms with Crippen molar-refractivity contribution in [2.45, 2.75) is 25.7 Å². The summed E-state index contributed by atoms with van der Waals surface area (Å²) in [5, 5.41) is -1.23. The standard InChI is InChI=1S/C11H7ClF6O/c1-2-5-6(9(12)19)3-4-7(10(13,14)15)8(5)11(16,17)18/h3-4H,2H2,1H3. The predicted octanol–water partition coefficient (Wildman–Crippen LogP) is 4.67. The van der Waals surface area contributed by atoms with Crippen LogP contribution in [-0.4, -0.2) is 5.24 Å². The van der Waals surface area contributed by atoms with Gasteiger partial charge in [0.05, 0.1) is 11.1 Å². The van der Waals surface area contributed by atoms with Crippen molar-refractivity contribution in [1.82, 2.24) is 0 Å². The zero-order valence-electron chi connectivity index (χ0n) is 9.42. The molecule has 0 N–H and O–H groups in total. The monoisotopic (exact) mass is 304 g/mol. The molecule has 0 radical (unpaired) electrons. The smallest absolute Gasteiger partial charge is 0.276 e. The third-order valence-corrected chi connectivity index (χ3v) is 2.67. The lowest BCUT2D eigenvalue weighted by Crippen LogP contribution is -2.20. The zero-order valence-corrected chi connectivity index (χ0v) is 10.2. The number of rotatable bonds is 2. The Bertz CT molecular complexity index is 503. The molecule has 1 rings (SSSR count). The highest BCUT2D eigenvalue weighted by Gasteiger charge is 2.45. The molecule has 0 bridgehead atoms. The van der Waals surface area contributed by atoms with Gasteiger partial charge in [0.15, 0.2) is 0 Å². The minimum Gasteiger partial charge on any atom is -0.276 e. The van der Waals surface area contributed by atoms with Gasteiger partial charge in [0.25, 0.3) is 5.24 Å². The number of hydrogen-bond acceptors (Lipinski definition) is 1. The quantitative estimate of drug-likeness (QED) is 0.573. The second kappa shape index (κ2) is 5.03. The van der Waals surface area contributed by atoms with Crippen LogP contribution in [0.1, 0.15) is 34.0 Å². The van der Waals surface area contributed by atoms with Crippen LogP contribution in [-0.2, 0) is 18.8 Å². The highest BCUT2D eigenvalue weighted by molar-refractivity contribution is 6.67. The van der Waals surface area contributed by atoms with Crippen LogP contribution >= 0.6 is 11.6 Å². The van der Waals surface area contributed by atoms with E-state index in [4.69, 9.17) is 11.6 Å². The van der Waals surface area contributed by atoms with Crippen LogP contribution in [0.25, 0.3) is 0 Å². The molecule has 0 fully saturated rings. The van der Waals surface area contributed by atoms with E-state index in [9.17, 15) is 31.1 Å². The molecule has 0 aliphatic carbocycles. The number of carbonyl (C=O) groups is 1. The second-order valence-corrected chi connectivity index (χ2v) is 3.98. The first kappa shape index (κ1) is 15.8. The van der Waals surface area contributed by atoms with E-state index < -0.39 is 46.3 Å². The summed E-state index contributed by atoms with van der Waals surface area (Å²) in [4.78, 5) is 11.0. The molecule has 19 heavy (non-hydrogen) atoms. The van der Waals surface area contributed by atoms with Crippen molar-refractivity contribution in [2.75, 3.05) is 0 Å². The van der Waals surface area contributed by atoms with Gasteiger partial charge in [-0.2, -0.15) is 26.3 Å². The lowest BCUT2D eigenvalue weighted by atomic mass is 9.93. The summed E-state index contributed by atoms with van der Waals surface area (Å²) in [5.41, 5.74) is -4.99. The van der Waals surface area contributed by atoms with Crippen LogP contribution < -0.4 is 0 Å². The summed E-state index contributed by atoms with van der Waals surface area (Å²) in [6.07, 6.45) is -10.8. The summed E-state index contributed by atoms with van der Waals surface area (Å²) in [7, 11) is 0. The van der Waals surface area contributed by atoms with E-state index in [2.05, 4.69) is 0 Å². The molecule has 0 heterocycles. The largest absolute Gasteiger partial charge is 0.417 e. The molecule has 0 unspecified atom stereocenters. The van der Waals surface area contributed by atoms with Gasteiger partial charge in [-0.15, -0.1) is 0 Å². The van der Waals surface area contributed by atoms with Gasteiger partial charge in [-0.05, 0) is 35.7 Å². The summed E-state index contributed by atoms with van der Waals surface area (Å²) < 4.78 is 76.3. The molecule has 0 aliphatic rings. The van der Waals surface area contributed by atoms with Gasteiger partial charge in [-0.25, -0.2) is 0 Å². The lowest BCUT2D eigenvalue weighted by molar-refractivity contribution is -0.162. The second-order valence-electron chi connectivity index (χ2n) is 3.64. The molecule has 0 aliphatic heterocycles.